The van der Waals surface area contributed by atoms with Gasteiger partial charge in [0.25, 0.3) is 0 Å². The molecule has 0 aromatic heterocycles. The summed E-state index contributed by atoms with van der Waals surface area (Å²) in [6.45, 7) is 3.66. The molecule has 0 radical (unpaired) electrons. The maximum atomic E-state index is 10.7. The number of phenols is 1. The van der Waals surface area contributed by atoms with Gasteiger partial charge in [0, 0.05) is 12.2 Å². The molecule has 1 aliphatic rings. The number of para-hydroxylation sites is 1. The molecule has 0 amide bonds. The molecule has 2 aromatic rings. The third-order valence-electron chi connectivity index (χ3n) is 5.15. The largest absolute Gasteiger partial charge is 0.508 e. The third-order valence-corrected chi connectivity index (χ3v) is 5.15. The third kappa shape index (κ3) is 4.37. The number of unbranched alkanes of at least 4 members (excludes halogenated alkanes) is 5. The van der Waals surface area contributed by atoms with E-state index in [0.717, 1.165) is 24.1 Å². The fourth-order valence-electron chi connectivity index (χ4n) is 3.78. The number of fused-ring (bicyclic) bond motifs is 1. The number of anilines is 1. The van der Waals surface area contributed by atoms with Crippen LogP contribution in [0.3, 0.4) is 0 Å². The Kier molecular flexibility index (Phi) is 6.53. The van der Waals surface area contributed by atoms with Gasteiger partial charge in [-0.2, -0.15) is 5.06 Å². The molecular formula is C22H30N2O2. The highest BCUT2D eigenvalue weighted by molar-refractivity contribution is 5.57. The van der Waals surface area contributed by atoms with Crippen LogP contribution in [-0.2, 0) is 6.54 Å². The second-order valence-corrected chi connectivity index (χ2v) is 7.15. The van der Waals surface area contributed by atoms with Gasteiger partial charge in [0.1, 0.15) is 11.9 Å². The van der Waals surface area contributed by atoms with Gasteiger partial charge in [0.05, 0.1) is 6.54 Å². The summed E-state index contributed by atoms with van der Waals surface area (Å²) < 4.78 is 0. The van der Waals surface area contributed by atoms with Gasteiger partial charge in [-0.1, -0.05) is 69.4 Å². The van der Waals surface area contributed by atoms with Gasteiger partial charge in [0.2, 0.25) is 0 Å². The van der Waals surface area contributed by atoms with Gasteiger partial charge < -0.3 is 15.2 Å². The molecule has 4 nitrogen and oxygen atoms in total. The maximum absolute atomic E-state index is 10.7. The molecular weight excluding hydrogens is 324 g/mol. The number of hydrogen-bond donors (Lipinski definition) is 2. The molecule has 1 heterocycles. The maximum Gasteiger partial charge on any atom is 0.131 e. The average molecular weight is 354 g/mol. The summed E-state index contributed by atoms with van der Waals surface area (Å²) in [6, 6.07) is 15.5. The molecule has 3 rings (SSSR count). The zero-order chi connectivity index (χ0) is 18.4. The highest BCUT2D eigenvalue weighted by Gasteiger charge is 2.32. The van der Waals surface area contributed by atoms with Crippen molar-refractivity contribution in [1.82, 2.24) is 5.06 Å². The minimum atomic E-state index is -0.221. The van der Waals surface area contributed by atoms with E-state index in [0.29, 0.717) is 6.54 Å². The first-order chi connectivity index (χ1) is 12.7. The molecule has 1 atom stereocenters. The fraction of sp³-hybridized carbons (Fsp3) is 0.455. The lowest BCUT2D eigenvalue weighted by Crippen LogP contribution is -2.44. The summed E-state index contributed by atoms with van der Waals surface area (Å²) in [6.07, 6.45) is 7.26. The van der Waals surface area contributed by atoms with Crippen molar-refractivity contribution in [2.75, 3.05) is 11.4 Å². The fourth-order valence-corrected chi connectivity index (χ4v) is 3.78. The molecule has 0 bridgehead atoms. The highest BCUT2D eigenvalue weighted by Crippen LogP contribution is 2.38. The van der Waals surface area contributed by atoms with Gasteiger partial charge in [0.15, 0.2) is 0 Å². The van der Waals surface area contributed by atoms with E-state index in [9.17, 15) is 10.3 Å². The number of aromatic hydroxyl groups is 1. The summed E-state index contributed by atoms with van der Waals surface area (Å²) in [5.74, 6) is 0.247. The van der Waals surface area contributed by atoms with E-state index >= 15 is 0 Å². The van der Waals surface area contributed by atoms with E-state index in [1.54, 1.807) is 12.1 Å². The topological polar surface area (TPSA) is 46.9 Å². The summed E-state index contributed by atoms with van der Waals surface area (Å²) >= 11 is 0. The Hall–Kier alpha value is -2.04. The van der Waals surface area contributed by atoms with Crippen LogP contribution < -0.4 is 4.90 Å². The molecule has 4 heteroatoms. The van der Waals surface area contributed by atoms with Crippen LogP contribution in [0.5, 0.6) is 5.75 Å². The summed E-state index contributed by atoms with van der Waals surface area (Å²) in [7, 11) is 0. The predicted octanol–water partition coefficient (Wildman–Crippen LogP) is 5.46. The van der Waals surface area contributed by atoms with Gasteiger partial charge in [-0.3, -0.25) is 0 Å². The van der Waals surface area contributed by atoms with Crippen LogP contribution in [-0.4, -0.2) is 21.9 Å². The molecule has 0 spiro atoms. The lowest BCUT2D eigenvalue weighted by Gasteiger charge is -2.43. The standard InChI is InChI=1S/C22H30N2O2/c1-2-3-4-5-6-9-16-23-21-11-8-7-10-19(21)17-24(26)22(23)18-12-14-20(25)15-13-18/h7-8,10-15,22,25-26H,2-6,9,16-17H2,1H3. The van der Waals surface area contributed by atoms with E-state index in [2.05, 4.69) is 30.0 Å². The molecule has 0 fully saturated rings. The Morgan fingerprint density at radius 3 is 2.38 bits per heavy atom. The smallest absolute Gasteiger partial charge is 0.131 e. The van der Waals surface area contributed by atoms with E-state index in [-0.39, 0.29) is 11.9 Å². The first-order valence-electron chi connectivity index (χ1n) is 9.79. The van der Waals surface area contributed by atoms with Crippen molar-refractivity contribution in [2.24, 2.45) is 0 Å². The molecule has 2 N–H and O–H groups in total. The Bertz CT molecular complexity index is 687. The van der Waals surface area contributed by atoms with Crippen LogP contribution >= 0.6 is 0 Å². The molecule has 2 aromatic carbocycles. The number of rotatable bonds is 8. The summed E-state index contributed by atoms with van der Waals surface area (Å²) in [4.78, 5) is 2.30. The zero-order valence-electron chi connectivity index (χ0n) is 15.6. The lowest BCUT2D eigenvalue weighted by molar-refractivity contribution is -0.142. The van der Waals surface area contributed by atoms with Crippen molar-refractivity contribution >= 4 is 5.69 Å². The Balaban J connectivity index is 1.78. The number of nitrogens with zero attached hydrogens (tertiary/aromatic N) is 2. The van der Waals surface area contributed by atoms with Crippen LogP contribution in [0.1, 0.15) is 62.7 Å². The first-order valence-corrected chi connectivity index (χ1v) is 9.79. The Morgan fingerprint density at radius 1 is 0.923 bits per heavy atom. The number of hydrogen-bond acceptors (Lipinski definition) is 4. The van der Waals surface area contributed by atoms with Crippen molar-refractivity contribution < 1.29 is 10.3 Å². The predicted molar refractivity (Wildman–Crippen MR) is 105 cm³/mol. The van der Waals surface area contributed by atoms with E-state index in [1.807, 2.05) is 18.2 Å². The van der Waals surface area contributed by atoms with Gasteiger partial charge in [-0.05, 0) is 35.7 Å². The van der Waals surface area contributed by atoms with E-state index < -0.39 is 0 Å². The monoisotopic (exact) mass is 354 g/mol. The summed E-state index contributed by atoms with van der Waals surface area (Å²) in [5, 5.41) is 21.7. The summed E-state index contributed by atoms with van der Waals surface area (Å²) in [5.41, 5.74) is 3.34. The van der Waals surface area contributed by atoms with E-state index in [4.69, 9.17) is 0 Å². The molecule has 26 heavy (non-hydrogen) atoms. The number of phenolic OH excluding ortho intramolecular Hbond substituents is 1. The normalized spacial score (nSPS) is 17.3. The van der Waals surface area contributed by atoms with Crippen LogP contribution in [0.4, 0.5) is 5.69 Å². The van der Waals surface area contributed by atoms with Gasteiger partial charge >= 0.3 is 0 Å². The second-order valence-electron chi connectivity index (χ2n) is 7.15. The molecule has 1 aliphatic heterocycles. The van der Waals surface area contributed by atoms with Crippen LogP contribution in [0.25, 0.3) is 0 Å². The van der Waals surface area contributed by atoms with Crippen molar-refractivity contribution in [1.29, 1.82) is 0 Å². The van der Waals surface area contributed by atoms with Crippen molar-refractivity contribution in [3.8, 4) is 5.75 Å². The SMILES string of the molecule is CCCCCCCCN1c2ccccc2CN(O)C1c1ccc(O)cc1. The quantitative estimate of drug-likeness (QED) is 0.618. The van der Waals surface area contributed by atoms with Gasteiger partial charge in [-0.15, -0.1) is 0 Å². The minimum Gasteiger partial charge on any atom is -0.508 e. The lowest BCUT2D eigenvalue weighted by atomic mass is 10.0. The van der Waals surface area contributed by atoms with Crippen LogP contribution in [0.15, 0.2) is 48.5 Å². The van der Waals surface area contributed by atoms with Crippen LogP contribution in [0.2, 0.25) is 0 Å². The van der Waals surface area contributed by atoms with Crippen molar-refractivity contribution in [3.63, 3.8) is 0 Å². The minimum absolute atomic E-state index is 0.221. The van der Waals surface area contributed by atoms with Crippen molar-refractivity contribution in [3.05, 3.63) is 59.7 Å². The first kappa shape index (κ1) is 18.7. The average Bonchev–Trinajstić information content (AvgIpc) is 2.65. The Labute approximate surface area is 156 Å². The molecule has 140 valence electrons. The molecule has 1 unspecified atom stereocenters. The molecule has 0 saturated carbocycles. The zero-order valence-corrected chi connectivity index (χ0v) is 15.6. The van der Waals surface area contributed by atoms with Crippen molar-refractivity contribution in [2.45, 2.75) is 58.2 Å². The Morgan fingerprint density at radius 2 is 1.62 bits per heavy atom. The second kappa shape index (κ2) is 9.06. The molecule has 0 saturated heterocycles. The van der Waals surface area contributed by atoms with Gasteiger partial charge in [-0.25, -0.2) is 0 Å². The highest BCUT2D eigenvalue weighted by atomic mass is 16.5. The van der Waals surface area contributed by atoms with Crippen LogP contribution in [0, 0.1) is 0 Å². The van der Waals surface area contributed by atoms with E-state index in [1.165, 1.54) is 42.9 Å². The number of benzene rings is 2. The molecule has 0 aliphatic carbocycles. The number of hydroxylamine groups is 2.